The number of benzene rings is 1. The van der Waals surface area contributed by atoms with Crippen LogP contribution in [0.1, 0.15) is 30.2 Å². The van der Waals surface area contributed by atoms with E-state index in [0.717, 1.165) is 24.2 Å². The average Bonchev–Trinajstić information content (AvgIpc) is 3.02. The topological polar surface area (TPSA) is 60.1 Å². The summed E-state index contributed by atoms with van der Waals surface area (Å²) in [7, 11) is 0. The molecule has 24 heavy (non-hydrogen) atoms. The van der Waals surface area contributed by atoms with Crippen LogP contribution in [0.3, 0.4) is 0 Å². The van der Waals surface area contributed by atoms with Gasteiger partial charge in [0.15, 0.2) is 0 Å². The van der Waals surface area contributed by atoms with E-state index in [-0.39, 0.29) is 17.4 Å². The summed E-state index contributed by atoms with van der Waals surface area (Å²) >= 11 is 0. The summed E-state index contributed by atoms with van der Waals surface area (Å²) in [5.41, 5.74) is 0.680. The van der Waals surface area contributed by atoms with Gasteiger partial charge in [-0.1, -0.05) is 30.3 Å². The van der Waals surface area contributed by atoms with E-state index in [1.807, 2.05) is 53.2 Å². The van der Waals surface area contributed by atoms with Crippen molar-refractivity contribution < 1.29 is 9.21 Å². The van der Waals surface area contributed by atoms with Gasteiger partial charge in [-0.25, -0.2) is 4.98 Å². The van der Waals surface area contributed by atoms with Crippen molar-refractivity contribution in [2.24, 2.45) is 5.41 Å². The molecule has 1 amide bonds. The summed E-state index contributed by atoms with van der Waals surface area (Å²) in [4.78, 5) is 17.0. The Morgan fingerprint density at radius 3 is 2.71 bits per heavy atom. The maximum atomic E-state index is 12.9. The van der Waals surface area contributed by atoms with E-state index in [9.17, 15) is 4.79 Å². The van der Waals surface area contributed by atoms with E-state index in [1.165, 1.54) is 0 Å². The molecule has 5 nitrogen and oxygen atoms in total. The summed E-state index contributed by atoms with van der Waals surface area (Å²) < 4.78 is 7.53. The van der Waals surface area contributed by atoms with Crippen molar-refractivity contribution in [3.05, 3.63) is 78.8 Å². The SMILES string of the molecule is O=C(NC(c1ccccc1)c1ccco1)C1(Cn2ccnc2)CC1. The quantitative estimate of drug-likeness (QED) is 0.758. The van der Waals surface area contributed by atoms with E-state index in [1.54, 1.807) is 18.8 Å². The molecule has 3 aromatic rings. The van der Waals surface area contributed by atoms with Crippen LogP contribution in [0.2, 0.25) is 0 Å². The first-order valence-corrected chi connectivity index (χ1v) is 8.12. The van der Waals surface area contributed by atoms with Crippen LogP contribution in [0.5, 0.6) is 0 Å². The molecule has 2 aromatic heterocycles. The second-order valence-electron chi connectivity index (χ2n) is 6.35. The van der Waals surface area contributed by atoms with Crippen molar-refractivity contribution in [1.82, 2.24) is 14.9 Å². The van der Waals surface area contributed by atoms with Gasteiger partial charge in [0.2, 0.25) is 5.91 Å². The van der Waals surface area contributed by atoms with E-state index < -0.39 is 0 Å². The van der Waals surface area contributed by atoms with Gasteiger partial charge in [0, 0.05) is 18.9 Å². The maximum absolute atomic E-state index is 12.9. The first kappa shape index (κ1) is 14.8. The molecule has 1 aromatic carbocycles. The van der Waals surface area contributed by atoms with Gasteiger partial charge in [-0.05, 0) is 30.5 Å². The minimum Gasteiger partial charge on any atom is -0.467 e. The number of furan rings is 1. The smallest absolute Gasteiger partial charge is 0.228 e. The zero-order valence-electron chi connectivity index (χ0n) is 13.3. The third-order valence-electron chi connectivity index (χ3n) is 4.62. The number of imidazole rings is 1. The first-order valence-electron chi connectivity index (χ1n) is 8.12. The minimum absolute atomic E-state index is 0.0708. The highest BCUT2D eigenvalue weighted by Gasteiger charge is 2.50. The van der Waals surface area contributed by atoms with Gasteiger partial charge in [0.1, 0.15) is 11.8 Å². The van der Waals surface area contributed by atoms with Crippen LogP contribution in [0.4, 0.5) is 0 Å². The van der Waals surface area contributed by atoms with Crippen LogP contribution in [0.25, 0.3) is 0 Å². The molecule has 0 bridgehead atoms. The van der Waals surface area contributed by atoms with E-state index in [2.05, 4.69) is 10.3 Å². The number of hydrogen-bond donors (Lipinski definition) is 1. The zero-order valence-corrected chi connectivity index (χ0v) is 13.3. The molecule has 0 saturated heterocycles. The third-order valence-corrected chi connectivity index (χ3v) is 4.62. The van der Waals surface area contributed by atoms with Crippen LogP contribution in [-0.4, -0.2) is 15.5 Å². The van der Waals surface area contributed by atoms with Crippen molar-refractivity contribution in [1.29, 1.82) is 0 Å². The fourth-order valence-corrected chi connectivity index (χ4v) is 3.04. The largest absolute Gasteiger partial charge is 0.467 e. The Balaban J connectivity index is 1.56. The molecule has 1 N–H and O–H groups in total. The zero-order chi connectivity index (χ0) is 16.4. The van der Waals surface area contributed by atoms with Crippen LogP contribution < -0.4 is 5.32 Å². The average molecular weight is 321 g/mol. The molecule has 1 saturated carbocycles. The molecule has 1 atom stereocenters. The summed E-state index contributed by atoms with van der Waals surface area (Å²) in [6, 6.07) is 13.4. The summed E-state index contributed by atoms with van der Waals surface area (Å²) in [6.07, 6.45) is 8.83. The second kappa shape index (κ2) is 6.00. The van der Waals surface area contributed by atoms with Crippen LogP contribution in [0, 0.1) is 5.41 Å². The molecule has 1 fully saturated rings. The standard InChI is InChI=1S/C19H19N3O2/c23-18(19(8-9-19)13-22-11-10-20-14-22)21-17(16-7-4-12-24-16)15-5-2-1-3-6-15/h1-7,10-12,14,17H,8-9,13H2,(H,21,23). The Hall–Kier alpha value is -2.82. The fraction of sp³-hybridized carbons (Fsp3) is 0.263. The molecule has 4 rings (SSSR count). The molecule has 2 heterocycles. The molecule has 5 heteroatoms. The maximum Gasteiger partial charge on any atom is 0.228 e. The molecule has 0 spiro atoms. The van der Waals surface area contributed by atoms with Crippen molar-refractivity contribution in [3.63, 3.8) is 0 Å². The van der Waals surface area contributed by atoms with Crippen LogP contribution in [-0.2, 0) is 11.3 Å². The highest BCUT2D eigenvalue weighted by atomic mass is 16.3. The van der Waals surface area contributed by atoms with Gasteiger partial charge in [0.25, 0.3) is 0 Å². The molecule has 0 aliphatic heterocycles. The number of nitrogens with zero attached hydrogens (tertiary/aromatic N) is 2. The highest BCUT2D eigenvalue weighted by molar-refractivity contribution is 5.85. The van der Waals surface area contributed by atoms with E-state index >= 15 is 0 Å². The predicted molar refractivity (Wildman–Crippen MR) is 89.0 cm³/mol. The van der Waals surface area contributed by atoms with Gasteiger partial charge in [-0.2, -0.15) is 0 Å². The number of aromatic nitrogens is 2. The van der Waals surface area contributed by atoms with Gasteiger partial charge in [0.05, 0.1) is 18.0 Å². The fourth-order valence-electron chi connectivity index (χ4n) is 3.04. The van der Waals surface area contributed by atoms with Gasteiger partial charge < -0.3 is 14.3 Å². The number of carbonyl (C=O) groups excluding carboxylic acids is 1. The van der Waals surface area contributed by atoms with E-state index in [4.69, 9.17) is 4.42 Å². The first-order chi connectivity index (χ1) is 11.8. The lowest BCUT2D eigenvalue weighted by Gasteiger charge is -2.22. The number of rotatable bonds is 6. The Labute approximate surface area is 140 Å². The van der Waals surface area contributed by atoms with E-state index in [0.29, 0.717) is 6.54 Å². The monoisotopic (exact) mass is 321 g/mol. The Morgan fingerprint density at radius 1 is 1.25 bits per heavy atom. The molecule has 0 radical (unpaired) electrons. The van der Waals surface area contributed by atoms with Gasteiger partial charge in [-0.15, -0.1) is 0 Å². The molecular weight excluding hydrogens is 302 g/mol. The lowest BCUT2D eigenvalue weighted by molar-refractivity contribution is -0.127. The number of nitrogens with one attached hydrogen (secondary N) is 1. The predicted octanol–water partition coefficient (Wildman–Crippen LogP) is 3.16. The molecule has 1 aliphatic rings. The van der Waals surface area contributed by atoms with Gasteiger partial charge in [-0.3, -0.25) is 4.79 Å². The molecular formula is C19H19N3O2. The van der Waals surface area contributed by atoms with Crippen molar-refractivity contribution in [2.45, 2.75) is 25.4 Å². The number of carbonyl (C=O) groups is 1. The van der Waals surface area contributed by atoms with Crippen LogP contribution in [0.15, 0.2) is 71.9 Å². The molecule has 1 unspecified atom stereocenters. The lowest BCUT2D eigenvalue weighted by atomic mass is 10.0. The van der Waals surface area contributed by atoms with Crippen molar-refractivity contribution >= 4 is 5.91 Å². The summed E-state index contributed by atoms with van der Waals surface area (Å²) in [6.45, 7) is 0.665. The Bertz CT molecular complexity index is 791. The van der Waals surface area contributed by atoms with Crippen molar-refractivity contribution in [3.8, 4) is 0 Å². The molecule has 1 aliphatic carbocycles. The third kappa shape index (κ3) is 2.85. The summed E-state index contributed by atoms with van der Waals surface area (Å²) in [5.74, 6) is 0.814. The highest BCUT2D eigenvalue weighted by Crippen LogP contribution is 2.48. The molecule has 122 valence electrons. The minimum atomic E-state index is -0.333. The Morgan fingerprint density at radius 2 is 2.08 bits per heavy atom. The lowest BCUT2D eigenvalue weighted by Crippen LogP contribution is -2.37. The van der Waals surface area contributed by atoms with Crippen molar-refractivity contribution in [2.75, 3.05) is 0 Å². The second-order valence-corrected chi connectivity index (χ2v) is 6.35. The summed E-state index contributed by atoms with van der Waals surface area (Å²) in [5, 5.41) is 3.18. The normalized spacial score (nSPS) is 16.5. The Kier molecular flexibility index (Phi) is 3.69. The van der Waals surface area contributed by atoms with Gasteiger partial charge >= 0.3 is 0 Å². The number of hydrogen-bond acceptors (Lipinski definition) is 3. The van der Waals surface area contributed by atoms with Crippen LogP contribution >= 0.6 is 0 Å². The number of amides is 1.